The molecule has 0 aliphatic carbocycles. The molecule has 0 amide bonds. The van der Waals surface area contributed by atoms with Crippen LogP contribution in [0.1, 0.15) is 6.42 Å². The topological polar surface area (TPSA) is 41.9 Å². The lowest BCUT2D eigenvalue weighted by atomic mass is 10.1. The molecule has 4 nitrogen and oxygen atoms in total. The third kappa shape index (κ3) is 3.92. The molecule has 1 rings (SSSR count). The highest BCUT2D eigenvalue weighted by Crippen LogP contribution is 2.25. The molecule has 0 bridgehead atoms. The Bertz CT molecular complexity index is 168. The second-order valence-electron chi connectivity index (χ2n) is 3.72. The van der Waals surface area contributed by atoms with E-state index in [1.807, 2.05) is 11.8 Å². The summed E-state index contributed by atoms with van der Waals surface area (Å²) in [6.07, 6.45) is 0.894. The highest BCUT2D eigenvalue weighted by atomic mass is 32.2. The molecule has 0 unspecified atom stereocenters. The molecule has 1 aliphatic heterocycles. The van der Waals surface area contributed by atoms with E-state index in [9.17, 15) is 0 Å². The third-order valence-corrected chi connectivity index (χ3v) is 3.72. The highest BCUT2D eigenvalue weighted by molar-refractivity contribution is 7.99. The van der Waals surface area contributed by atoms with Crippen LogP contribution < -0.4 is 0 Å². The number of thioether (sulfide) groups is 1. The Labute approximate surface area is 95.9 Å². The molecule has 0 radical (unpaired) electrons. The zero-order valence-electron chi connectivity index (χ0n) is 9.57. The van der Waals surface area contributed by atoms with Crippen LogP contribution in [0.2, 0.25) is 0 Å². The maximum absolute atomic E-state index is 8.61. The van der Waals surface area contributed by atoms with Crippen molar-refractivity contribution in [1.29, 1.82) is 0 Å². The van der Waals surface area contributed by atoms with E-state index < -0.39 is 0 Å². The second kappa shape index (κ2) is 6.70. The number of nitrogens with zero attached hydrogens (tertiary/aromatic N) is 1. The minimum atomic E-state index is -0.351. The Morgan fingerprint density at radius 1 is 1.27 bits per heavy atom. The van der Waals surface area contributed by atoms with E-state index in [1.165, 1.54) is 0 Å². The van der Waals surface area contributed by atoms with Gasteiger partial charge in [0.05, 0.1) is 13.1 Å². The largest absolute Gasteiger partial charge is 0.396 e. The van der Waals surface area contributed by atoms with Crippen LogP contribution in [0.25, 0.3) is 0 Å². The van der Waals surface area contributed by atoms with E-state index in [0.717, 1.165) is 37.6 Å². The minimum Gasteiger partial charge on any atom is -0.396 e. The van der Waals surface area contributed by atoms with Gasteiger partial charge in [0.2, 0.25) is 0 Å². The molecule has 0 aromatic carbocycles. The highest BCUT2D eigenvalue weighted by Gasteiger charge is 2.43. The normalized spacial score (nSPS) is 20.2. The number of ether oxygens (including phenoxy) is 2. The van der Waals surface area contributed by atoms with Crippen molar-refractivity contribution in [3.8, 4) is 0 Å². The summed E-state index contributed by atoms with van der Waals surface area (Å²) >= 11 is 1.89. The maximum Gasteiger partial charge on any atom is 0.193 e. The standard InChI is InChI=1S/C10H21NO3S/c1-13-10(14-2)8-11(9-10)4-7-15-6-3-5-12/h12H,3-9H2,1-2H3. The van der Waals surface area contributed by atoms with E-state index in [-0.39, 0.29) is 5.79 Å². The summed E-state index contributed by atoms with van der Waals surface area (Å²) in [6, 6.07) is 0. The fourth-order valence-corrected chi connectivity index (χ4v) is 2.52. The molecule has 1 heterocycles. The van der Waals surface area contributed by atoms with Crippen LogP contribution in [0.5, 0.6) is 0 Å². The predicted octanol–water partition coefficient (Wildman–Crippen LogP) is 0.407. The van der Waals surface area contributed by atoms with Crippen molar-refractivity contribution in [1.82, 2.24) is 4.90 Å². The van der Waals surface area contributed by atoms with Crippen LogP contribution in [0.4, 0.5) is 0 Å². The molecule has 0 aromatic rings. The van der Waals surface area contributed by atoms with Crippen LogP contribution in [0, 0.1) is 0 Å². The molecular weight excluding hydrogens is 214 g/mol. The average Bonchev–Trinajstić information content (AvgIpc) is 2.21. The number of hydrogen-bond acceptors (Lipinski definition) is 5. The summed E-state index contributed by atoms with van der Waals surface area (Å²) in [5.74, 6) is 1.81. The first kappa shape index (κ1) is 13.3. The fraction of sp³-hybridized carbons (Fsp3) is 1.00. The quantitative estimate of drug-likeness (QED) is 0.487. The summed E-state index contributed by atoms with van der Waals surface area (Å²) < 4.78 is 10.6. The summed E-state index contributed by atoms with van der Waals surface area (Å²) in [4.78, 5) is 2.32. The van der Waals surface area contributed by atoms with Gasteiger partial charge >= 0.3 is 0 Å². The number of rotatable bonds is 8. The van der Waals surface area contributed by atoms with E-state index >= 15 is 0 Å². The molecule has 1 saturated heterocycles. The molecule has 0 atom stereocenters. The number of aliphatic hydroxyl groups excluding tert-OH is 1. The Morgan fingerprint density at radius 2 is 1.93 bits per heavy atom. The van der Waals surface area contributed by atoms with E-state index in [0.29, 0.717) is 6.61 Å². The Morgan fingerprint density at radius 3 is 2.47 bits per heavy atom. The van der Waals surface area contributed by atoms with Gasteiger partial charge in [-0.2, -0.15) is 11.8 Å². The first-order valence-corrected chi connectivity index (χ1v) is 6.43. The van der Waals surface area contributed by atoms with Crippen LogP contribution in [0.15, 0.2) is 0 Å². The predicted molar refractivity (Wildman–Crippen MR) is 62.2 cm³/mol. The molecule has 0 saturated carbocycles. The van der Waals surface area contributed by atoms with E-state index in [1.54, 1.807) is 14.2 Å². The first-order chi connectivity index (χ1) is 7.26. The van der Waals surface area contributed by atoms with E-state index in [4.69, 9.17) is 14.6 Å². The second-order valence-corrected chi connectivity index (χ2v) is 4.94. The summed E-state index contributed by atoms with van der Waals surface area (Å²) in [5, 5.41) is 8.61. The lowest BCUT2D eigenvalue weighted by molar-refractivity contribution is -0.274. The molecule has 1 fully saturated rings. The molecule has 1 N–H and O–H groups in total. The van der Waals surface area contributed by atoms with Gasteiger partial charge in [0.1, 0.15) is 0 Å². The summed E-state index contributed by atoms with van der Waals surface area (Å²) in [7, 11) is 3.38. The number of likely N-dealkylation sites (tertiary alicyclic amines) is 1. The van der Waals surface area contributed by atoms with Crippen molar-refractivity contribution in [2.24, 2.45) is 0 Å². The van der Waals surface area contributed by atoms with Gasteiger partial charge in [-0.15, -0.1) is 0 Å². The van der Waals surface area contributed by atoms with Gasteiger partial charge in [-0.1, -0.05) is 0 Å². The number of hydrogen-bond donors (Lipinski definition) is 1. The van der Waals surface area contributed by atoms with Crippen LogP contribution in [-0.4, -0.2) is 67.8 Å². The zero-order chi connectivity index (χ0) is 11.1. The monoisotopic (exact) mass is 235 g/mol. The van der Waals surface area contributed by atoms with Gasteiger partial charge in [0.25, 0.3) is 0 Å². The molecule has 5 heteroatoms. The average molecular weight is 235 g/mol. The molecule has 90 valence electrons. The number of methoxy groups -OCH3 is 2. The zero-order valence-corrected chi connectivity index (χ0v) is 10.4. The van der Waals surface area contributed by atoms with Gasteiger partial charge in [0.15, 0.2) is 5.79 Å². The van der Waals surface area contributed by atoms with Crippen molar-refractivity contribution < 1.29 is 14.6 Å². The van der Waals surface area contributed by atoms with Crippen molar-refractivity contribution in [2.75, 3.05) is 52.0 Å². The molecule has 0 spiro atoms. The Kier molecular flexibility index (Phi) is 5.92. The smallest absolute Gasteiger partial charge is 0.193 e. The fourth-order valence-electron chi connectivity index (χ4n) is 1.60. The van der Waals surface area contributed by atoms with Gasteiger partial charge < -0.3 is 14.6 Å². The van der Waals surface area contributed by atoms with Gasteiger partial charge in [-0.05, 0) is 12.2 Å². The minimum absolute atomic E-state index is 0.299. The van der Waals surface area contributed by atoms with Crippen LogP contribution in [-0.2, 0) is 9.47 Å². The molecule has 15 heavy (non-hydrogen) atoms. The van der Waals surface area contributed by atoms with Gasteiger partial charge in [-0.25, -0.2) is 0 Å². The lowest BCUT2D eigenvalue weighted by Gasteiger charge is -2.47. The molecule has 1 aliphatic rings. The third-order valence-electron chi connectivity index (χ3n) is 2.67. The summed E-state index contributed by atoms with van der Waals surface area (Å²) in [5.41, 5.74) is 0. The van der Waals surface area contributed by atoms with Gasteiger partial charge in [-0.3, -0.25) is 4.90 Å². The van der Waals surface area contributed by atoms with Crippen LogP contribution >= 0.6 is 11.8 Å². The van der Waals surface area contributed by atoms with Crippen molar-refractivity contribution in [3.05, 3.63) is 0 Å². The number of aliphatic hydroxyl groups is 1. The molecule has 0 aromatic heterocycles. The SMILES string of the molecule is COC1(OC)CN(CCSCCCO)C1. The van der Waals surface area contributed by atoms with E-state index in [2.05, 4.69) is 4.90 Å². The Hall–Kier alpha value is 0.190. The lowest BCUT2D eigenvalue weighted by Crippen LogP contribution is -2.64. The maximum atomic E-state index is 8.61. The first-order valence-electron chi connectivity index (χ1n) is 5.27. The van der Waals surface area contributed by atoms with Crippen molar-refractivity contribution in [2.45, 2.75) is 12.2 Å². The van der Waals surface area contributed by atoms with Crippen molar-refractivity contribution >= 4 is 11.8 Å². The summed E-state index contributed by atoms with van der Waals surface area (Å²) in [6.45, 7) is 3.10. The van der Waals surface area contributed by atoms with Crippen molar-refractivity contribution in [3.63, 3.8) is 0 Å². The van der Waals surface area contributed by atoms with Gasteiger partial charge in [0, 0.05) is 33.1 Å². The molecular formula is C10H21NO3S. The Balaban J connectivity index is 1.98. The van der Waals surface area contributed by atoms with Crippen LogP contribution in [0.3, 0.4) is 0 Å².